The minimum Gasteiger partial charge on any atom is -0.273 e. The van der Waals surface area contributed by atoms with Gasteiger partial charge in [0.2, 0.25) is 0 Å². The van der Waals surface area contributed by atoms with Crippen molar-refractivity contribution in [2.24, 2.45) is 5.84 Å². The third kappa shape index (κ3) is 2.75. The second kappa shape index (κ2) is 5.84. The Kier molecular flexibility index (Phi) is 4.40. The van der Waals surface area contributed by atoms with E-state index in [1.165, 1.54) is 0 Å². The summed E-state index contributed by atoms with van der Waals surface area (Å²) < 4.78 is 2.72. The Labute approximate surface area is 119 Å². The first-order valence-corrected chi connectivity index (χ1v) is 6.76. The highest BCUT2D eigenvalue weighted by atomic mass is 79.9. The molecule has 0 aliphatic heterocycles. The molecule has 1 aromatic carbocycles. The van der Waals surface area contributed by atoms with E-state index < -0.39 is 0 Å². The molecule has 4 nitrogen and oxygen atoms in total. The van der Waals surface area contributed by atoms with Crippen LogP contribution in [0.1, 0.15) is 24.1 Å². The van der Waals surface area contributed by atoms with Crippen LogP contribution in [0.25, 0.3) is 0 Å². The maximum atomic E-state index is 5.99. The molecule has 0 radical (unpaired) electrons. The van der Waals surface area contributed by atoms with Crippen molar-refractivity contribution in [1.82, 2.24) is 15.2 Å². The third-order valence-electron chi connectivity index (χ3n) is 2.75. The quantitative estimate of drug-likeness (QED) is 0.670. The molecule has 1 unspecified atom stereocenters. The lowest BCUT2D eigenvalue weighted by molar-refractivity contribution is 0.630. The molecule has 2 aromatic rings. The number of aromatic nitrogens is 2. The number of nitrogens with two attached hydrogens (primary N) is 1. The summed E-state index contributed by atoms with van der Waals surface area (Å²) in [6.45, 7) is 2.88. The van der Waals surface area contributed by atoms with Crippen molar-refractivity contribution in [3.8, 4) is 0 Å². The van der Waals surface area contributed by atoms with Crippen LogP contribution in [0.5, 0.6) is 0 Å². The number of nitrogens with one attached hydrogen (secondary N) is 1. The van der Waals surface area contributed by atoms with Gasteiger partial charge in [0.1, 0.15) is 0 Å². The Hall–Kier alpha value is -0.880. The molecule has 0 aliphatic rings. The van der Waals surface area contributed by atoms with Crippen molar-refractivity contribution >= 4 is 27.5 Å². The van der Waals surface area contributed by atoms with E-state index in [0.717, 1.165) is 22.1 Å². The summed E-state index contributed by atoms with van der Waals surface area (Å²) in [5, 5.41) is 4.93. The lowest BCUT2D eigenvalue weighted by Gasteiger charge is -2.15. The fraction of sp³-hybridized carbons (Fsp3) is 0.250. The SMILES string of the molecule is CCn1cc(C(NN)c2ccc(Cl)c(Br)c2)cn1. The van der Waals surface area contributed by atoms with Crippen LogP contribution < -0.4 is 11.3 Å². The van der Waals surface area contributed by atoms with Crippen LogP contribution in [0.3, 0.4) is 0 Å². The second-order valence-electron chi connectivity index (χ2n) is 3.90. The van der Waals surface area contributed by atoms with Gasteiger partial charge in [-0.25, -0.2) is 5.43 Å². The van der Waals surface area contributed by atoms with Crippen molar-refractivity contribution in [3.05, 3.63) is 51.2 Å². The fourth-order valence-corrected chi connectivity index (χ4v) is 2.29. The number of hydrogen-bond acceptors (Lipinski definition) is 3. The molecule has 0 saturated heterocycles. The molecule has 3 N–H and O–H groups in total. The average Bonchev–Trinajstić information content (AvgIpc) is 2.83. The number of aryl methyl sites for hydroxylation is 1. The highest BCUT2D eigenvalue weighted by Gasteiger charge is 2.15. The van der Waals surface area contributed by atoms with Crippen LogP contribution in [0, 0.1) is 0 Å². The Bertz CT molecular complexity index is 541. The molecule has 0 fully saturated rings. The average molecular weight is 330 g/mol. The maximum absolute atomic E-state index is 5.99. The summed E-state index contributed by atoms with van der Waals surface area (Å²) in [5.74, 6) is 5.64. The van der Waals surface area contributed by atoms with Crippen LogP contribution in [0.15, 0.2) is 35.1 Å². The van der Waals surface area contributed by atoms with E-state index in [9.17, 15) is 0 Å². The Morgan fingerprint density at radius 2 is 2.28 bits per heavy atom. The largest absolute Gasteiger partial charge is 0.273 e. The van der Waals surface area contributed by atoms with E-state index in [-0.39, 0.29) is 6.04 Å². The molecular formula is C12H14BrClN4. The lowest BCUT2D eigenvalue weighted by Crippen LogP contribution is -2.28. The van der Waals surface area contributed by atoms with Crippen LogP contribution >= 0.6 is 27.5 Å². The first-order chi connectivity index (χ1) is 8.65. The van der Waals surface area contributed by atoms with Gasteiger partial charge in [0.05, 0.1) is 17.3 Å². The van der Waals surface area contributed by atoms with Gasteiger partial charge in [-0.2, -0.15) is 5.10 Å². The molecule has 0 bridgehead atoms. The van der Waals surface area contributed by atoms with Gasteiger partial charge in [-0.3, -0.25) is 10.5 Å². The number of nitrogens with zero attached hydrogens (tertiary/aromatic N) is 2. The van der Waals surface area contributed by atoms with Gasteiger partial charge < -0.3 is 0 Å². The van der Waals surface area contributed by atoms with Crippen LogP contribution in [0.2, 0.25) is 5.02 Å². The Balaban J connectivity index is 2.35. The maximum Gasteiger partial charge on any atom is 0.0741 e. The topological polar surface area (TPSA) is 55.9 Å². The molecule has 1 atom stereocenters. The van der Waals surface area contributed by atoms with E-state index in [4.69, 9.17) is 17.4 Å². The molecule has 0 saturated carbocycles. The monoisotopic (exact) mass is 328 g/mol. The summed E-state index contributed by atoms with van der Waals surface area (Å²) in [5.41, 5.74) is 4.86. The molecule has 18 heavy (non-hydrogen) atoms. The number of halogens is 2. The van der Waals surface area contributed by atoms with Crippen molar-refractivity contribution in [2.45, 2.75) is 19.5 Å². The molecule has 6 heteroatoms. The smallest absolute Gasteiger partial charge is 0.0741 e. The minimum absolute atomic E-state index is 0.0983. The minimum atomic E-state index is -0.0983. The van der Waals surface area contributed by atoms with Crippen LogP contribution in [-0.4, -0.2) is 9.78 Å². The highest BCUT2D eigenvalue weighted by Crippen LogP contribution is 2.28. The predicted molar refractivity (Wildman–Crippen MR) is 76.2 cm³/mol. The van der Waals surface area contributed by atoms with Crippen LogP contribution in [-0.2, 0) is 6.54 Å². The molecule has 2 rings (SSSR count). The summed E-state index contributed by atoms with van der Waals surface area (Å²) in [7, 11) is 0. The number of benzene rings is 1. The summed E-state index contributed by atoms with van der Waals surface area (Å²) >= 11 is 9.40. The molecule has 96 valence electrons. The Morgan fingerprint density at radius 1 is 1.50 bits per heavy atom. The first-order valence-electron chi connectivity index (χ1n) is 5.59. The van der Waals surface area contributed by atoms with Crippen molar-refractivity contribution in [3.63, 3.8) is 0 Å². The highest BCUT2D eigenvalue weighted by molar-refractivity contribution is 9.10. The normalized spacial score (nSPS) is 12.7. The number of rotatable bonds is 4. The zero-order chi connectivity index (χ0) is 13.1. The van der Waals surface area contributed by atoms with E-state index in [2.05, 4.69) is 26.5 Å². The second-order valence-corrected chi connectivity index (χ2v) is 5.16. The van der Waals surface area contributed by atoms with Gasteiger partial charge >= 0.3 is 0 Å². The van der Waals surface area contributed by atoms with Crippen molar-refractivity contribution in [2.75, 3.05) is 0 Å². The van der Waals surface area contributed by atoms with E-state index in [1.807, 2.05) is 42.2 Å². The zero-order valence-corrected chi connectivity index (χ0v) is 12.2. The lowest BCUT2D eigenvalue weighted by atomic mass is 10.0. The van der Waals surface area contributed by atoms with E-state index >= 15 is 0 Å². The van der Waals surface area contributed by atoms with E-state index in [1.54, 1.807) is 0 Å². The standard InChI is InChI=1S/C12H14BrClN4/c1-2-18-7-9(6-16-18)12(17-15)8-3-4-11(14)10(13)5-8/h3-7,12,17H,2,15H2,1H3. The summed E-state index contributed by atoms with van der Waals surface area (Å²) in [4.78, 5) is 0. The molecule has 1 heterocycles. The van der Waals surface area contributed by atoms with Gasteiger partial charge in [-0.1, -0.05) is 17.7 Å². The zero-order valence-electron chi connectivity index (χ0n) is 9.90. The fourth-order valence-electron chi connectivity index (χ4n) is 1.78. The molecule has 0 amide bonds. The molecule has 0 aliphatic carbocycles. The Morgan fingerprint density at radius 3 is 2.83 bits per heavy atom. The molecule has 1 aromatic heterocycles. The predicted octanol–water partition coefficient (Wildman–Crippen LogP) is 2.87. The number of hydrazine groups is 1. The summed E-state index contributed by atoms with van der Waals surface area (Å²) in [6, 6.07) is 5.64. The van der Waals surface area contributed by atoms with Gasteiger partial charge in [-0.15, -0.1) is 0 Å². The van der Waals surface area contributed by atoms with Gasteiger partial charge in [0, 0.05) is 22.8 Å². The van der Waals surface area contributed by atoms with Crippen LogP contribution in [0.4, 0.5) is 0 Å². The summed E-state index contributed by atoms with van der Waals surface area (Å²) in [6.07, 6.45) is 3.80. The van der Waals surface area contributed by atoms with Crippen molar-refractivity contribution < 1.29 is 0 Å². The molecule has 0 spiro atoms. The third-order valence-corrected chi connectivity index (χ3v) is 3.97. The van der Waals surface area contributed by atoms with Crippen molar-refractivity contribution in [1.29, 1.82) is 0 Å². The van der Waals surface area contributed by atoms with Gasteiger partial charge in [0.15, 0.2) is 0 Å². The molecular weight excluding hydrogens is 316 g/mol. The van der Waals surface area contributed by atoms with Gasteiger partial charge in [0.25, 0.3) is 0 Å². The first kappa shape index (κ1) is 13.5. The number of hydrogen-bond donors (Lipinski definition) is 2. The van der Waals surface area contributed by atoms with Gasteiger partial charge in [-0.05, 0) is 40.5 Å². The van der Waals surface area contributed by atoms with E-state index in [0.29, 0.717) is 5.02 Å².